The van der Waals surface area contributed by atoms with Crippen LogP contribution in [0.25, 0.3) is 0 Å². The number of amides is 1. The molecular formula is C20H22N2O3. The van der Waals surface area contributed by atoms with Crippen molar-refractivity contribution in [2.75, 3.05) is 19.7 Å². The maximum Gasteiger partial charge on any atom is 0.409 e. The molecule has 0 radical (unpaired) electrons. The molecule has 0 aromatic heterocycles. The number of nitriles is 1. The van der Waals surface area contributed by atoms with Gasteiger partial charge in [-0.2, -0.15) is 5.26 Å². The zero-order chi connectivity index (χ0) is 17.9. The minimum absolute atomic E-state index is 0.0581. The Morgan fingerprint density at radius 3 is 3.00 bits per heavy atom. The van der Waals surface area contributed by atoms with Crippen LogP contribution in [0.1, 0.15) is 37.3 Å². The van der Waals surface area contributed by atoms with Crippen molar-refractivity contribution in [2.24, 2.45) is 11.8 Å². The Hall–Kier alpha value is -2.50. The number of likely N-dealkylation sites (tertiary alicyclic amines) is 1. The summed E-state index contributed by atoms with van der Waals surface area (Å²) in [6.45, 7) is 3.24. The highest BCUT2D eigenvalue weighted by molar-refractivity contribution is 5.68. The van der Waals surface area contributed by atoms with Crippen molar-refractivity contribution in [1.82, 2.24) is 4.90 Å². The Morgan fingerprint density at radius 1 is 1.44 bits per heavy atom. The Balaban J connectivity index is 1.80. The van der Waals surface area contributed by atoms with E-state index in [-0.39, 0.29) is 17.9 Å². The minimum Gasteiger partial charge on any atom is -0.450 e. The lowest BCUT2D eigenvalue weighted by molar-refractivity contribution is -0.00794. The van der Waals surface area contributed by atoms with Crippen LogP contribution >= 0.6 is 0 Å². The summed E-state index contributed by atoms with van der Waals surface area (Å²) in [6.07, 6.45) is 2.18. The second kappa shape index (κ2) is 7.17. The topological polar surface area (TPSA) is 73.6 Å². The minimum atomic E-state index is -1.10. The number of carbonyl (C=O) groups excluding carboxylic acids is 1. The molecule has 0 spiro atoms. The van der Waals surface area contributed by atoms with E-state index in [1.54, 1.807) is 30.0 Å². The summed E-state index contributed by atoms with van der Waals surface area (Å²) in [5.41, 5.74) is 0.164. The third-order valence-electron chi connectivity index (χ3n) is 5.13. The lowest BCUT2D eigenvalue weighted by atomic mass is 9.71. The van der Waals surface area contributed by atoms with Crippen LogP contribution in [0, 0.1) is 35.0 Å². The van der Waals surface area contributed by atoms with Gasteiger partial charge in [-0.25, -0.2) is 4.79 Å². The van der Waals surface area contributed by atoms with E-state index in [0.29, 0.717) is 31.7 Å². The number of hydrogen-bond donors (Lipinski definition) is 1. The van der Waals surface area contributed by atoms with Gasteiger partial charge in [0.2, 0.25) is 0 Å². The quantitative estimate of drug-likeness (QED) is 0.799. The van der Waals surface area contributed by atoms with Crippen LogP contribution in [0.4, 0.5) is 4.79 Å². The first-order valence-corrected chi connectivity index (χ1v) is 8.73. The van der Waals surface area contributed by atoms with Crippen molar-refractivity contribution in [3.63, 3.8) is 0 Å². The second-order valence-corrected chi connectivity index (χ2v) is 6.73. The van der Waals surface area contributed by atoms with Crippen LogP contribution in [0.3, 0.4) is 0 Å². The standard InChI is InChI=1S/C20H22N2O3/c1-2-25-19(23)22-13-17-7-4-9-20(24,18(17)14-22)10-8-15-5-3-6-16(11-15)12-21/h3,5-6,11,17-18,24H,2,4,7,9,13-14H2,1H3. The zero-order valence-electron chi connectivity index (χ0n) is 14.4. The van der Waals surface area contributed by atoms with Crippen molar-refractivity contribution in [1.29, 1.82) is 5.26 Å². The van der Waals surface area contributed by atoms with Crippen molar-refractivity contribution in [2.45, 2.75) is 31.8 Å². The van der Waals surface area contributed by atoms with Crippen LogP contribution < -0.4 is 0 Å². The van der Waals surface area contributed by atoms with E-state index in [1.165, 1.54) is 0 Å². The monoisotopic (exact) mass is 338 g/mol. The largest absolute Gasteiger partial charge is 0.450 e. The van der Waals surface area contributed by atoms with Crippen LogP contribution in [-0.4, -0.2) is 41.4 Å². The molecule has 1 heterocycles. The molecule has 130 valence electrons. The molecule has 5 heteroatoms. The van der Waals surface area contributed by atoms with Gasteiger partial charge in [0, 0.05) is 24.6 Å². The summed E-state index contributed by atoms with van der Waals surface area (Å²) >= 11 is 0. The number of benzene rings is 1. The molecule has 0 bridgehead atoms. The molecule has 1 aromatic carbocycles. The number of hydrogen-bond acceptors (Lipinski definition) is 4. The fourth-order valence-corrected chi connectivity index (χ4v) is 3.89. The van der Waals surface area contributed by atoms with Crippen molar-refractivity contribution in [3.8, 4) is 17.9 Å². The number of ether oxygens (including phenoxy) is 1. The lowest BCUT2D eigenvalue weighted by Gasteiger charge is -2.37. The summed E-state index contributed by atoms with van der Waals surface area (Å²) in [4.78, 5) is 13.7. The molecule has 1 N–H and O–H groups in total. The van der Waals surface area contributed by atoms with Gasteiger partial charge in [-0.15, -0.1) is 0 Å². The normalized spacial score (nSPS) is 27.6. The molecule has 1 amide bonds. The van der Waals surface area contributed by atoms with E-state index in [4.69, 9.17) is 10.00 Å². The molecule has 1 aliphatic heterocycles. The van der Waals surface area contributed by atoms with E-state index >= 15 is 0 Å². The van der Waals surface area contributed by atoms with E-state index in [9.17, 15) is 9.90 Å². The van der Waals surface area contributed by atoms with Gasteiger partial charge in [-0.3, -0.25) is 0 Å². The van der Waals surface area contributed by atoms with Crippen LogP contribution in [0.15, 0.2) is 24.3 Å². The molecule has 25 heavy (non-hydrogen) atoms. The van der Waals surface area contributed by atoms with E-state index in [1.807, 2.05) is 6.07 Å². The summed E-state index contributed by atoms with van der Waals surface area (Å²) < 4.78 is 5.09. The number of aliphatic hydroxyl groups is 1. The van der Waals surface area contributed by atoms with Gasteiger partial charge < -0.3 is 14.7 Å². The molecule has 1 saturated carbocycles. The van der Waals surface area contributed by atoms with Gasteiger partial charge in [0.1, 0.15) is 5.60 Å². The van der Waals surface area contributed by atoms with Gasteiger partial charge in [-0.05, 0) is 50.3 Å². The average Bonchev–Trinajstić information content (AvgIpc) is 3.07. The fourth-order valence-electron chi connectivity index (χ4n) is 3.89. The summed E-state index contributed by atoms with van der Waals surface area (Å²) in [5.74, 6) is 6.27. The molecular weight excluding hydrogens is 316 g/mol. The molecule has 3 rings (SSSR count). The maximum absolute atomic E-state index is 12.0. The summed E-state index contributed by atoms with van der Waals surface area (Å²) in [7, 11) is 0. The molecule has 3 atom stereocenters. The predicted molar refractivity (Wildman–Crippen MR) is 92.4 cm³/mol. The Labute approximate surface area is 148 Å². The number of rotatable bonds is 1. The first-order valence-electron chi connectivity index (χ1n) is 8.73. The summed E-state index contributed by atoms with van der Waals surface area (Å²) in [6, 6.07) is 9.16. The maximum atomic E-state index is 12.0. The first kappa shape index (κ1) is 17.3. The molecule has 2 fully saturated rings. The predicted octanol–water partition coefficient (Wildman–Crippen LogP) is 2.53. The Morgan fingerprint density at radius 2 is 2.24 bits per heavy atom. The van der Waals surface area contributed by atoms with Gasteiger partial charge in [0.05, 0.1) is 18.2 Å². The molecule has 1 aromatic rings. The Kier molecular flexibility index (Phi) is 4.97. The Bertz CT molecular complexity index is 758. The molecule has 3 unspecified atom stereocenters. The fraction of sp³-hybridized carbons (Fsp3) is 0.500. The van der Waals surface area contributed by atoms with Crippen molar-refractivity contribution < 1.29 is 14.6 Å². The van der Waals surface area contributed by atoms with Crippen LogP contribution in [-0.2, 0) is 4.74 Å². The SMILES string of the molecule is CCOC(=O)N1CC2CCCC(O)(C#Cc3cccc(C#N)c3)C2C1. The zero-order valence-corrected chi connectivity index (χ0v) is 14.4. The first-order chi connectivity index (χ1) is 12.1. The van der Waals surface area contributed by atoms with E-state index in [0.717, 1.165) is 18.4 Å². The highest BCUT2D eigenvalue weighted by atomic mass is 16.6. The van der Waals surface area contributed by atoms with E-state index < -0.39 is 5.60 Å². The number of nitrogens with zero attached hydrogens (tertiary/aromatic N) is 2. The second-order valence-electron chi connectivity index (χ2n) is 6.73. The van der Waals surface area contributed by atoms with Gasteiger partial charge >= 0.3 is 6.09 Å². The molecule has 2 aliphatic rings. The van der Waals surface area contributed by atoms with Gasteiger partial charge in [0.15, 0.2) is 0 Å². The van der Waals surface area contributed by atoms with Crippen molar-refractivity contribution in [3.05, 3.63) is 35.4 Å². The smallest absolute Gasteiger partial charge is 0.409 e. The van der Waals surface area contributed by atoms with Crippen LogP contribution in [0.5, 0.6) is 0 Å². The van der Waals surface area contributed by atoms with Crippen LogP contribution in [0.2, 0.25) is 0 Å². The third-order valence-corrected chi connectivity index (χ3v) is 5.13. The average molecular weight is 338 g/mol. The lowest BCUT2D eigenvalue weighted by Crippen LogP contribution is -2.44. The number of carbonyl (C=O) groups is 1. The summed E-state index contributed by atoms with van der Waals surface area (Å²) in [5, 5.41) is 20.1. The third kappa shape index (κ3) is 3.62. The number of fused-ring (bicyclic) bond motifs is 1. The highest BCUT2D eigenvalue weighted by Gasteiger charge is 2.49. The highest BCUT2D eigenvalue weighted by Crippen LogP contribution is 2.42. The van der Waals surface area contributed by atoms with Crippen molar-refractivity contribution >= 4 is 6.09 Å². The van der Waals surface area contributed by atoms with E-state index in [2.05, 4.69) is 17.9 Å². The molecule has 5 nitrogen and oxygen atoms in total. The van der Waals surface area contributed by atoms with Gasteiger partial charge in [-0.1, -0.05) is 17.9 Å². The molecule has 1 aliphatic carbocycles. The molecule has 1 saturated heterocycles. The van der Waals surface area contributed by atoms with Gasteiger partial charge in [0.25, 0.3) is 0 Å².